The van der Waals surface area contributed by atoms with Crippen LogP contribution in [-0.2, 0) is 6.42 Å². The van der Waals surface area contributed by atoms with Crippen LogP contribution in [0.2, 0.25) is 0 Å². The van der Waals surface area contributed by atoms with Crippen LogP contribution < -0.4 is 10.6 Å². The predicted octanol–water partition coefficient (Wildman–Crippen LogP) is 4.39. The van der Waals surface area contributed by atoms with E-state index in [0.29, 0.717) is 17.3 Å². The van der Waals surface area contributed by atoms with Crippen LogP contribution in [0.25, 0.3) is 0 Å². The fourth-order valence-electron chi connectivity index (χ4n) is 4.02. The minimum Gasteiger partial charge on any atom is -0.339 e. The van der Waals surface area contributed by atoms with Crippen molar-refractivity contribution in [2.75, 3.05) is 32.0 Å². The number of hydrogen-bond donors (Lipinski definition) is 2. The molecule has 1 saturated heterocycles. The molecule has 0 bridgehead atoms. The van der Waals surface area contributed by atoms with E-state index in [1.54, 1.807) is 24.3 Å². The van der Waals surface area contributed by atoms with Gasteiger partial charge in [0.1, 0.15) is 0 Å². The van der Waals surface area contributed by atoms with E-state index < -0.39 is 0 Å². The lowest BCUT2D eigenvalue weighted by Gasteiger charge is -2.37. The number of piperidine rings is 1. The highest BCUT2D eigenvalue weighted by Gasteiger charge is 2.25. The average molecular weight is 437 g/mol. The maximum atomic E-state index is 12.9. The van der Waals surface area contributed by atoms with Gasteiger partial charge in [0.15, 0.2) is 0 Å². The van der Waals surface area contributed by atoms with Gasteiger partial charge in [0.25, 0.3) is 5.91 Å². The third-order valence-corrected chi connectivity index (χ3v) is 5.85. The molecule has 0 aromatic heterocycles. The van der Waals surface area contributed by atoms with Crippen molar-refractivity contribution in [1.29, 1.82) is 0 Å². The smallest absolute Gasteiger partial charge is 0.319 e. The van der Waals surface area contributed by atoms with Crippen molar-refractivity contribution in [2.45, 2.75) is 51.6 Å². The first kappa shape index (κ1) is 23.8. The standard InChI is InChI=1S/C26H36N4O2/c1-26(2,3)28-25(32)27-22-12-10-21(11-13-22)24(31)30-18-15-23(16-19-30)29(4)17-14-20-8-6-5-7-9-20/h5-13,23H,14-19H2,1-4H3,(H2,27,28,32). The summed E-state index contributed by atoms with van der Waals surface area (Å²) in [7, 11) is 2.19. The van der Waals surface area contributed by atoms with Gasteiger partial charge in [0.05, 0.1) is 0 Å². The number of carbonyl (C=O) groups is 2. The van der Waals surface area contributed by atoms with Crippen LogP contribution in [0, 0.1) is 0 Å². The average Bonchev–Trinajstić information content (AvgIpc) is 2.77. The third kappa shape index (κ3) is 7.09. The molecule has 32 heavy (non-hydrogen) atoms. The van der Waals surface area contributed by atoms with Gasteiger partial charge in [-0.2, -0.15) is 0 Å². The van der Waals surface area contributed by atoms with Crippen LogP contribution >= 0.6 is 0 Å². The van der Waals surface area contributed by atoms with Crippen molar-refractivity contribution < 1.29 is 9.59 Å². The Bertz CT molecular complexity index is 882. The summed E-state index contributed by atoms with van der Waals surface area (Å²) in [4.78, 5) is 29.3. The lowest BCUT2D eigenvalue weighted by atomic mass is 10.0. The number of likely N-dealkylation sites (tertiary alicyclic amines) is 1. The fourth-order valence-corrected chi connectivity index (χ4v) is 4.02. The Hall–Kier alpha value is -2.86. The lowest BCUT2D eigenvalue weighted by molar-refractivity contribution is 0.0647. The van der Waals surface area contributed by atoms with Gasteiger partial charge >= 0.3 is 6.03 Å². The second-order valence-corrected chi connectivity index (χ2v) is 9.65. The highest BCUT2D eigenvalue weighted by Crippen LogP contribution is 2.19. The normalized spacial score (nSPS) is 15.0. The van der Waals surface area contributed by atoms with Gasteiger partial charge in [-0.15, -0.1) is 0 Å². The Morgan fingerprint density at radius 1 is 1.00 bits per heavy atom. The number of amides is 3. The van der Waals surface area contributed by atoms with E-state index in [0.717, 1.165) is 38.9 Å². The zero-order valence-corrected chi connectivity index (χ0v) is 19.7. The Labute approximate surface area is 192 Å². The Kier molecular flexibility index (Phi) is 7.91. The van der Waals surface area contributed by atoms with Gasteiger partial charge in [0.2, 0.25) is 0 Å². The molecular formula is C26H36N4O2. The predicted molar refractivity (Wildman–Crippen MR) is 130 cm³/mol. The van der Waals surface area contributed by atoms with Crippen molar-refractivity contribution >= 4 is 17.6 Å². The van der Waals surface area contributed by atoms with E-state index in [1.165, 1.54) is 5.56 Å². The number of carbonyl (C=O) groups excluding carboxylic acids is 2. The highest BCUT2D eigenvalue weighted by molar-refractivity contribution is 5.95. The fraction of sp³-hybridized carbons (Fsp3) is 0.462. The summed E-state index contributed by atoms with van der Waals surface area (Å²) in [6.07, 6.45) is 3.03. The molecule has 172 valence electrons. The molecule has 1 aliphatic rings. The number of hydrogen-bond acceptors (Lipinski definition) is 3. The topological polar surface area (TPSA) is 64.7 Å². The molecule has 0 atom stereocenters. The summed E-state index contributed by atoms with van der Waals surface area (Å²) in [6.45, 7) is 8.36. The van der Waals surface area contributed by atoms with Gasteiger partial charge in [-0.25, -0.2) is 4.79 Å². The number of nitrogens with one attached hydrogen (secondary N) is 2. The summed E-state index contributed by atoms with van der Waals surface area (Å²) in [5, 5.41) is 5.66. The van der Waals surface area contributed by atoms with Crippen molar-refractivity contribution in [1.82, 2.24) is 15.1 Å². The number of benzene rings is 2. The zero-order chi connectivity index (χ0) is 23.1. The maximum Gasteiger partial charge on any atom is 0.319 e. The summed E-state index contributed by atoms with van der Waals surface area (Å²) in [6, 6.07) is 17.9. The molecule has 0 unspecified atom stereocenters. The van der Waals surface area contributed by atoms with Crippen molar-refractivity contribution in [3.63, 3.8) is 0 Å². The maximum absolute atomic E-state index is 12.9. The second kappa shape index (κ2) is 10.6. The number of rotatable bonds is 6. The van der Waals surface area contributed by atoms with Crippen LogP contribution in [0.4, 0.5) is 10.5 Å². The molecule has 1 fully saturated rings. The first-order valence-electron chi connectivity index (χ1n) is 11.4. The Balaban J connectivity index is 1.46. The molecule has 6 nitrogen and oxygen atoms in total. The van der Waals surface area contributed by atoms with E-state index in [4.69, 9.17) is 0 Å². The molecule has 1 heterocycles. The Morgan fingerprint density at radius 3 is 2.22 bits per heavy atom. The van der Waals surface area contributed by atoms with E-state index in [2.05, 4.69) is 46.8 Å². The Morgan fingerprint density at radius 2 is 1.62 bits per heavy atom. The summed E-state index contributed by atoms with van der Waals surface area (Å²) in [5.41, 5.74) is 2.38. The molecule has 3 amide bonds. The highest BCUT2D eigenvalue weighted by atomic mass is 16.2. The second-order valence-electron chi connectivity index (χ2n) is 9.65. The van der Waals surface area contributed by atoms with Crippen LogP contribution in [0.5, 0.6) is 0 Å². The van der Waals surface area contributed by atoms with E-state index in [9.17, 15) is 9.59 Å². The molecule has 2 aromatic carbocycles. The van der Waals surface area contributed by atoms with Gasteiger partial charge in [-0.05, 0) is 76.9 Å². The molecule has 2 aromatic rings. The molecule has 3 rings (SSSR count). The lowest BCUT2D eigenvalue weighted by Crippen LogP contribution is -2.46. The molecular weight excluding hydrogens is 400 g/mol. The summed E-state index contributed by atoms with van der Waals surface area (Å²) >= 11 is 0. The first-order valence-corrected chi connectivity index (χ1v) is 11.4. The monoisotopic (exact) mass is 436 g/mol. The summed E-state index contributed by atoms with van der Waals surface area (Å²) in [5.74, 6) is 0.0566. The van der Waals surface area contributed by atoms with Crippen molar-refractivity contribution in [3.05, 3.63) is 65.7 Å². The zero-order valence-electron chi connectivity index (χ0n) is 19.7. The van der Waals surface area contributed by atoms with Gasteiger partial charge in [-0.1, -0.05) is 30.3 Å². The summed E-state index contributed by atoms with van der Waals surface area (Å²) < 4.78 is 0. The molecule has 0 aliphatic carbocycles. The number of urea groups is 1. The number of likely N-dealkylation sites (N-methyl/N-ethyl adjacent to an activating group) is 1. The largest absolute Gasteiger partial charge is 0.339 e. The van der Waals surface area contributed by atoms with E-state index in [1.807, 2.05) is 31.7 Å². The minimum atomic E-state index is -0.304. The van der Waals surface area contributed by atoms with E-state index >= 15 is 0 Å². The van der Waals surface area contributed by atoms with E-state index in [-0.39, 0.29) is 17.5 Å². The minimum absolute atomic E-state index is 0.0566. The van der Waals surface area contributed by atoms with Crippen LogP contribution in [0.1, 0.15) is 49.5 Å². The van der Waals surface area contributed by atoms with Gasteiger partial charge < -0.3 is 20.4 Å². The van der Waals surface area contributed by atoms with Gasteiger partial charge in [-0.3, -0.25) is 4.79 Å². The number of anilines is 1. The molecule has 6 heteroatoms. The SMILES string of the molecule is CN(CCc1ccccc1)C1CCN(C(=O)c2ccc(NC(=O)NC(C)(C)C)cc2)CC1. The molecule has 0 saturated carbocycles. The first-order chi connectivity index (χ1) is 15.2. The van der Waals surface area contributed by atoms with Gasteiger partial charge in [0, 0.05) is 42.5 Å². The molecule has 0 spiro atoms. The number of nitrogens with zero attached hydrogens (tertiary/aromatic N) is 2. The van der Waals surface area contributed by atoms with Crippen molar-refractivity contribution in [2.24, 2.45) is 0 Å². The quantitative estimate of drug-likeness (QED) is 0.706. The molecule has 1 aliphatic heterocycles. The third-order valence-electron chi connectivity index (χ3n) is 5.85. The van der Waals surface area contributed by atoms with Crippen LogP contribution in [0.3, 0.4) is 0 Å². The van der Waals surface area contributed by atoms with Crippen molar-refractivity contribution in [3.8, 4) is 0 Å². The van der Waals surface area contributed by atoms with Crippen LogP contribution in [-0.4, -0.2) is 60.0 Å². The molecule has 2 N–H and O–H groups in total. The van der Waals surface area contributed by atoms with Crippen LogP contribution in [0.15, 0.2) is 54.6 Å². The molecule has 0 radical (unpaired) electrons.